The molecule has 1 aliphatic heterocycles. The second-order valence-electron chi connectivity index (χ2n) is 6.08. The van der Waals surface area contributed by atoms with E-state index in [9.17, 15) is 4.79 Å². The van der Waals surface area contributed by atoms with E-state index < -0.39 is 0 Å². The maximum absolute atomic E-state index is 12.7. The van der Waals surface area contributed by atoms with Gasteiger partial charge in [0.1, 0.15) is 11.4 Å². The van der Waals surface area contributed by atoms with Crippen molar-refractivity contribution in [1.29, 1.82) is 0 Å². The van der Waals surface area contributed by atoms with Crippen LogP contribution < -0.4 is 10.2 Å². The highest BCUT2D eigenvalue weighted by atomic mass is 16.1. The van der Waals surface area contributed by atoms with Crippen LogP contribution in [0.1, 0.15) is 23.3 Å². The van der Waals surface area contributed by atoms with E-state index in [2.05, 4.69) is 30.5 Å². The van der Waals surface area contributed by atoms with E-state index in [1.807, 2.05) is 25.4 Å². The molecule has 8 heteroatoms. The van der Waals surface area contributed by atoms with E-state index in [1.165, 1.54) is 0 Å². The van der Waals surface area contributed by atoms with Crippen molar-refractivity contribution < 1.29 is 4.79 Å². The van der Waals surface area contributed by atoms with Gasteiger partial charge < -0.3 is 10.2 Å². The number of H-pyrrole nitrogens is 1. The number of aromatic nitrogens is 5. The van der Waals surface area contributed by atoms with Crippen LogP contribution in [0.5, 0.6) is 0 Å². The fraction of sp³-hybridized carbons (Fsp3) is 0.294. The first-order valence-electron chi connectivity index (χ1n) is 8.27. The van der Waals surface area contributed by atoms with Crippen LogP contribution in [-0.2, 0) is 7.05 Å². The number of nitrogens with zero attached hydrogens (tertiary/aromatic N) is 5. The average Bonchev–Trinajstić information content (AvgIpc) is 3.37. The number of hydrogen-bond donors (Lipinski definition) is 2. The van der Waals surface area contributed by atoms with Crippen molar-refractivity contribution in [3.8, 4) is 11.3 Å². The van der Waals surface area contributed by atoms with Gasteiger partial charge in [-0.05, 0) is 25.0 Å². The van der Waals surface area contributed by atoms with Crippen molar-refractivity contribution in [2.75, 3.05) is 23.3 Å². The van der Waals surface area contributed by atoms with E-state index in [4.69, 9.17) is 0 Å². The van der Waals surface area contributed by atoms with Gasteiger partial charge in [0, 0.05) is 31.9 Å². The monoisotopic (exact) mass is 337 g/mol. The SMILES string of the molecule is Cn1cc(NC(=O)c2cccc(-c3cn[nH]c3)n2)c(N2CCCC2)n1. The molecule has 1 saturated heterocycles. The van der Waals surface area contributed by atoms with Crippen LogP contribution >= 0.6 is 0 Å². The molecule has 3 aromatic rings. The van der Waals surface area contributed by atoms with E-state index in [0.29, 0.717) is 17.1 Å². The molecule has 1 fully saturated rings. The number of carbonyl (C=O) groups excluding carboxylic acids is 1. The lowest BCUT2D eigenvalue weighted by atomic mass is 10.2. The number of amides is 1. The summed E-state index contributed by atoms with van der Waals surface area (Å²) < 4.78 is 1.72. The summed E-state index contributed by atoms with van der Waals surface area (Å²) in [6.07, 6.45) is 7.55. The third-order valence-corrected chi connectivity index (χ3v) is 4.24. The summed E-state index contributed by atoms with van der Waals surface area (Å²) in [5.41, 5.74) is 2.61. The number of rotatable bonds is 4. The lowest BCUT2D eigenvalue weighted by Gasteiger charge is -2.16. The summed E-state index contributed by atoms with van der Waals surface area (Å²) in [4.78, 5) is 19.3. The molecular weight excluding hydrogens is 318 g/mol. The number of carbonyl (C=O) groups is 1. The lowest BCUT2D eigenvalue weighted by molar-refractivity contribution is 0.102. The van der Waals surface area contributed by atoms with Crippen molar-refractivity contribution in [2.45, 2.75) is 12.8 Å². The van der Waals surface area contributed by atoms with Crippen molar-refractivity contribution in [1.82, 2.24) is 25.0 Å². The van der Waals surface area contributed by atoms with Gasteiger partial charge in [-0.15, -0.1) is 0 Å². The molecular formula is C17H19N7O. The Labute approximate surface area is 144 Å². The molecule has 0 unspecified atom stereocenters. The zero-order valence-electron chi connectivity index (χ0n) is 13.9. The van der Waals surface area contributed by atoms with Gasteiger partial charge >= 0.3 is 0 Å². The van der Waals surface area contributed by atoms with Gasteiger partial charge in [-0.3, -0.25) is 14.6 Å². The van der Waals surface area contributed by atoms with E-state index in [-0.39, 0.29) is 5.91 Å². The standard InChI is InChI=1S/C17H19N7O/c1-23-11-15(16(22-23)24-7-2-3-8-24)21-17(25)14-6-4-5-13(20-14)12-9-18-19-10-12/h4-6,9-11H,2-3,7-8H2,1H3,(H,18,19)(H,21,25). The molecule has 0 aromatic carbocycles. The fourth-order valence-corrected chi connectivity index (χ4v) is 3.03. The van der Waals surface area contributed by atoms with Crippen molar-refractivity contribution >= 4 is 17.4 Å². The number of anilines is 2. The molecule has 128 valence electrons. The van der Waals surface area contributed by atoms with Crippen LogP contribution in [0.25, 0.3) is 11.3 Å². The first-order valence-corrected chi connectivity index (χ1v) is 8.27. The van der Waals surface area contributed by atoms with Crippen LogP contribution in [0.15, 0.2) is 36.8 Å². The number of aromatic amines is 1. The molecule has 25 heavy (non-hydrogen) atoms. The predicted octanol–water partition coefficient (Wildman–Crippen LogP) is 2.06. The predicted molar refractivity (Wildman–Crippen MR) is 94.4 cm³/mol. The average molecular weight is 337 g/mol. The number of hydrogen-bond acceptors (Lipinski definition) is 5. The highest BCUT2D eigenvalue weighted by molar-refractivity contribution is 6.04. The zero-order chi connectivity index (χ0) is 17.2. The van der Waals surface area contributed by atoms with Crippen LogP contribution in [0.2, 0.25) is 0 Å². The molecule has 0 bridgehead atoms. The molecule has 4 rings (SSSR count). The van der Waals surface area contributed by atoms with E-state index in [1.54, 1.807) is 23.1 Å². The Bertz CT molecular complexity index is 878. The summed E-state index contributed by atoms with van der Waals surface area (Å²) in [5.74, 6) is 0.568. The molecule has 8 nitrogen and oxygen atoms in total. The molecule has 0 atom stereocenters. The largest absolute Gasteiger partial charge is 0.353 e. The summed E-state index contributed by atoms with van der Waals surface area (Å²) >= 11 is 0. The second kappa shape index (κ2) is 6.39. The number of nitrogens with one attached hydrogen (secondary N) is 2. The highest BCUT2D eigenvalue weighted by Crippen LogP contribution is 2.27. The molecule has 4 heterocycles. The molecule has 0 radical (unpaired) electrons. The van der Waals surface area contributed by atoms with Crippen molar-refractivity contribution in [2.24, 2.45) is 7.05 Å². The molecule has 0 aliphatic carbocycles. The minimum atomic E-state index is -0.251. The molecule has 0 spiro atoms. The molecule has 1 aliphatic rings. The van der Waals surface area contributed by atoms with Crippen LogP contribution in [0, 0.1) is 0 Å². The van der Waals surface area contributed by atoms with Gasteiger partial charge in [0.25, 0.3) is 5.91 Å². The molecule has 0 saturated carbocycles. The van der Waals surface area contributed by atoms with Crippen molar-refractivity contribution in [3.63, 3.8) is 0 Å². The van der Waals surface area contributed by atoms with Gasteiger partial charge in [-0.1, -0.05) is 6.07 Å². The number of aryl methyl sites for hydroxylation is 1. The Morgan fingerprint density at radius 2 is 2.12 bits per heavy atom. The minimum Gasteiger partial charge on any atom is -0.353 e. The Morgan fingerprint density at radius 1 is 1.28 bits per heavy atom. The van der Waals surface area contributed by atoms with E-state index in [0.717, 1.165) is 37.3 Å². The van der Waals surface area contributed by atoms with Gasteiger partial charge in [0.05, 0.1) is 18.1 Å². The number of pyridine rings is 1. The van der Waals surface area contributed by atoms with Crippen LogP contribution in [0.3, 0.4) is 0 Å². The van der Waals surface area contributed by atoms with Gasteiger partial charge in [-0.2, -0.15) is 10.2 Å². The Balaban J connectivity index is 1.58. The first-order chi connectivity index (χ1) is 12.2. The maximum atomic E-state index is 12.7. The summed E-state index contributed by atoms with van der Waals surface area (Å²) in [7, 11) is 1.85. The lowest BCUT2D eigenvalue weighted by Crippen LogP contribution is -2.21. The Hall–Kier alpha value is -3.16. The topological polar surface area (TPSA) is 91.7 Å². The summed E-state index contributed by atoms with van der Waals surface area (Å²) in [5, 5.41) is 14.1. The van der Waals surface area contributed by atoms with Crippen LogP contribution in [-0.4, -0.2) is 44.0 Å². The maximum Gasteiger partial charge on any atom is 0.274 e. The van der Waals surface area contributed by atoms with Crippen LogP contribution in [0.4, 0.5) is 11.5 Å². The molecule has 1 amide bonds. The zero-order valence-corrected chi connectivity index (χ0v) is 13.9. The van der Waals surface area contributed by atoms with Crippen molar-refractivity contribution in [3.05, 3.63) is 42.5 Å². The van der Waals surface area contributed by atoms with Gasteiger partial charge in [-0.25, -0.2) is 4.98 Å². The molecule has 3 aromatic heterocycles. The van der Waals surface area contributed by atoms with Gasteiger partial charge in [0.2, 0.25) is 0 Å². The normalized spacial score (nSPS) is 14.0. The third kappa shape index (κ3) is 3.10. The smallest absolute Gasteiger partial charge is 0.274 e. The molecule has 2 N–H and O–H groups in total. The first kappa shape index (κ1) is 15.4. The second-order valence-corrected chi connectivity index (χ2v) is 6.08. The fourth-order valence-electron chi connectivity index (χ4n) is 3.03. The Morgan fingerprint density at radius 3 is 2.88 bits per heavy atom. The highest BCUT2D eigenvalue weighted by Gasteiger charge is 2.21. The quantitative estimate of drug-likeness (QED) is 0.760. The van der Waals surface area contributed by atoms with E-state index >= 15 is 0 Å². The minimum absolute atomic E-state index is 0.251. The third-order valence-electron chi connectivity index (χ3n) is 4.24. The Kier molecular flexibility index (Phi) is 3.93. The summed E-state index contributed by atoms with van der Waals surface area (Å²) in [6.45, 7) is 1.93. The van der Waals surface area contributed by atoms with Gasteiger partial charge in [0.15, 0.2) is 5.82 Å². The summed E-state index contributed by atoms with van der Waals surface area (Å²) in [6, 6.07) is 5.36.